The molecule has 33 heavy (non-hydrogen) atoms. The van der Waals surface area contributed by atoms with E-state index in [0.717, 1.165) is 30.3 Å². The fourth-order valence-electron chi connectivity index (χ4n) is 5.24. The number of halogens is 3. The molecule has 0 amide bonds. The number of nitrogens with zero attached hydrogens (tertiary/aromatic N) is 2. The van der Waals surface area contributed by atoms with Crippen LogP contribution < -0.4 is 0 Å². The van der Waals surface area contributed by atoms with Crippen LogP contribution in [0, 0.1) is 34.3 Å². The van der Waals surface area contributed by atoms with Crippen molar-refractivity contribution in [2.75, 3.05) is 13.1 Å². The fourth-order valence-corrected chi connectivity index (χ4v) is 5.37. The molecule has 1 aliphatic rings. The van der Waals surface area contributed by atoms with E-state index < -0.39 is 11.6 Å². The summed E-state index contributed by atoms with van der Waals surface area (Å²) in [4.78, 5) is 2.36. The number of benzene rings is 3. The van der Waals surface area contributed by atoms with Crippen LogP contribution in [0.4, 0.5) is 8.78 Å². The Kier molecular flexibility index (Phi) is 6.56. The van der Waals surface area contributed by atoms with Gasteiger partial charge in [-0.15, -0.1) is 0 Å². The normalized spacial score (nSPS) is 16.6. The monoisotopic (exact) mass is 464 g/mol. The fraction of sp³-hybridized carbons (Fsp3) is 0.321. The molecule has 1 saturated heterocycles. The summed E-state index contributed by atoms with van der Waals surface area (Å²) in [5.41, 5.74) is 3.30. The van der Waals surface area contributed by atoms with Crippen LogP contribution in [0.5, 0.6) is 0 Å². The van der Waals surface area contributed by atoms with Gasteiger partial charge in [-0.25, -0.2) is 8.78 Å². The van der Waals surface area contributed by atoms with Gasteiger partial charge < -0.3 is 0 Å². The second-order valence-electron chi connectivity index (χ2n) is 9.95. The summed E-state index contributed by atoms with van der Waals surface area (Å²) in [5.74, 6) is -0.819. The third-order valence-corrected chi connectivity index (χ3v) is 6.72. The Morgan fingerprint density at radius 3 is 2.12 bits per heavy atom. The topological polar surface area (TPSA) is 27.0 Å². The molecule has 4 rings (SSSR count). The summed E-state index contributed by atoms with van der Waals surface area (Å²) in [6, 6.07) is 21.5. The third-order valence-electron chi connectivity index (χ3n) is 6.47. The maximum absolute atomic E-state index is 14.0. The average Bonchev–Trinajstić information content (AvgIpc) is 2.72. The number of likely N-dealkylation sites (tertiary alicyclic amines) is 1. The highest BCUT2D eigenvalue weighted by Gasteiger charge is 2.43. The molecule has 3 aromatic carbocycles. The molecule has 170 valence electrons. The van der Waals surface area contributed by atoms with Crippen LogP contribution in [0.25, 0.3) is 0 Å². The van der Waals surface area contributed by atoms with E-state index in [1.165, 1.54) is 12.1 Å². The lowest BCUT2D eigenvalue weighted by Gasteiger charge is -2.51. The highest BCUT2D eigenvalue weighted by Crippen LogP contribution is 2.47. The lowest BCUT2D eigenvalue weighted by Crippen LogP contribution is -2.53. The van der Waals surface area contributed by atoms with Gasteiger partial charge in [0.15, 0.2) is 0 Å². The van der Waals surface area contributed by atoms with E-state index in [1.807, 2.05) is 42.5 Å². The van der Waals surface area contributed by atoms with Gasteiger partial charge in [-0.3, -0.25) is 4.90 Å². The Morgan fingerprint density at radius 2 is 1.55 bits per heavy atom. The highest BCUT2D eigenvalue weighted by molar-refractivity contribution is 6.30. The smallest absolute Gasteiger partial charge is 0.126 e. The second-order valence-corrected chi connectivity index (χ2v) is 10.4. The molecule has 2 nitrogen and oxygen atoms in total. The molecule has 0 unspecified atom stereocenters. The lowest BCUT2D eigenvalue weighted by atomic mass is 9.66. The van der Waals surface area contributed by atoms with Gasteiger partial charge >= 0.3 is 0 Å². The molecule has 1 fully saturated rings. The molecule has 0 N–H and O–H groups in total. The number of nitriles is 1. The highest BCUT2D eigenvalue weighted by atomic mass is 35.5. The van der Waals surface area contributed by atoms with E-state index in [1.54, 1.807) is 6.07 Å². The zero-order valence-electron chi connectivity index (χ0n) is 19.0. The van der Waals surface area contributed by atoms with Gasteiger partial charge in [0, 0.05) is 24.2 Å². The first-order chi connectivity index (χ1) is 15.7. The maximum atomic E-state index is 14.0. The summed E-state index contributed by atoms with van der Waals surface area (Å²) in [7, 11) is 0. The summed E-state index contributed by atoms with van der Waals surface area (Å²) in [5, 5.41) is 10.1. The molecule has 2 atom stereocenters. The molecule has 0 aliphatic carbocycles. The molecule has 5 heteroatoms. The summed E-state index contributed by atoms with van der Waals surface area (Å²) in [6.45, 7) is 7.93. The Morgan fingerprint density at radius 1 is 0.909 bits per heavy atom. The molecule has 0 aromatic heterocycles. The van der Waals surface area contributed by atoms with Crippen molar-refractivity contribution >= 4 is 11.6 Å². The second kappa shape index (κ2) is 9.25. The first kappa shape index (κ1) is 23.4. The zero-order chi connectivity index (χ0) is 23.8. The van der Waals surface area contributed by atoms with E-state index in [4.69, 9.17) is 11.6 Å². The van der Waals surface area contributed by atoms with Gasteiger partial charge in [-0.1, -0.05) is 56.6 Å². The Hall–Kier alpha value is -2.74. The summed E-state index contributed by atoms with van der Waals surface area (Å²) >= 11 is 6.13. The van der Waals surface area contributed by atoms with E-state index in [0.29, 0.717) is 16.1 Å². The van der Waals surface area contributed by atoms with Crippen LogP contribution in [0.15, 0.2) is 66.7 Å². The Balaban J connectivity index is 1.65. The number of rotatable bonds is 5. The molecule has 1 heterocycles. The van der Waals surface area contributed by atoms with Crippen LogP contribution >= 0.6 is 11.6 Å². The summed E-state index contributed by atoms with van der Waals surface area (Å²) in [6.07, 6.45) is 0. The lowest BCUT2D eigenvalue weighted by molar-refractivity contribution is 0.0245. The van der Waals surface area contributed by atoms with E-state index in [-0.39, 0.29) is 23.3 Å². The molecule has 1 aliphatic heterocycles. The molecule has 0 spiro atoms. The average molecular weight is 465 g/mol. The van der Waals surface area contributed by atoms with Gasteiger partial charge in [0.2, 0.25) is 0 Å². The molecule has 3 aromatic rings. The molecule has 0 bridgehead atoms. The maximum Gasteiger partial charge on any atom is 0.126 e. The van der Waals surface area contributed by atoms with Gasteiger partial charge in [0.05, 0.1) is 17.7 Å². The summed E-state index contributed by atoms with van der Waals surface area (Å²) < 4.78 is 28.1. The van der Waals surface area contributed by atoms with Crippen molar-refractivity contribution in [3.8, 4) is 6.07 Å². The van der Waals surface area contributed by atoms with Crippen molar-refractivity contribution in [2.24, 2.45) is 11.3 Å². The minimum absolute atomic E-state index is 0.00950. The molecule has 0 saturated carbocycles. The Bertz CT molecular complexity index is 1150. The van der Waals surface area contributed by atoms with Crippen molar-refractivity contribution < 1.29 is 8.78 Å². The molecular formula is C28H27ClF2N2. The third kappa shape index (κ3) is 5.11. The van der Waals surface area contributed by atoms with Crippen molar-refractivity contribution in [2.45, 2.75) is 32.7 Å². The van der Waals surface area contributed by atoms with Crippen molar-refractivity contribution in [3.63, 3.8) is 0 Å². The van der Waals surface area contributed by atoms with Crippen LogP contribution in [0.2, 0.25) is 5.02 Å². The predicted molar refractivity (Wildman–Crippen MR) is 128 cm³/mol. The zero-order valence-corrected chi connectivity index (χ0v) is 19.8. The van der Waals surface area contributed by atoms with Gasteiger partial charge in [0.25, 0.3) is 0 Å². The van der Waals surface area contributed by atoms with Crippen LogP contribution in [-0.4, -0.2) is 18.0 Å². The van der Waals surface area contributed by atoms with Crippen LogP contribution in [0.3, 0.4) is 0 Å². The quantitative estimate of drug-likeness (QED) is 0.395. The number of hydrogen-bond donors (Lipinski definition) is 0. The van der Waals surface area contributed by atoms with Crippen molar-refractivity contribution in [1.82, 2.24) is 4.90 Å². The Labute approximate surface area is 199 Å². The van der Waals surface area contributed by atoms with Crippen molar-refractivity contribution in [1.29, 1.82) is 5.26 Å². The van der Waals surface area contributed by atoms with E-state index >= 15 is 0 Å². The first-order valence-corrected chi connectivity index (χ1v) is 11.5. The van der Waals surface area contributed by atoms with Crippen LogP contribution in [0.1, 0.15) is 55.0 Å². The van der Waals surface area contributed by atoms with E-state index in [2.05, 4.69) is 31.7 Å². The van der Waals surface area contributed by atoms with Crippen molar-refractivity contribution in [3.05, 3.63) is 106 Å². The number of hydrogen-bond acceptors (Lipinski definition) is 2. The SMILES string of the molecule is CC(C)(C)[C@@H](c1cc(F)cc(F)c1)C1CN([C@@H](c2ccc(Cl)cc2)c2cccc(C#N)c2)C1. The largest absolute Gasteiger partial charge is 0.292 e. The predicted octanol–water partition coefficient (Wildman–Crippen LogP) is 7.34. The van der Waals surface area contributed by atoms with E-state index in [9.17, 15) is 14.0 Å². The first-order valence-electron chi connectivity index (χ1n) is 11.1. The van der Waals surface area contributed by atoms with Gasteiger partial charge in [-0.2, -0.15) is 5.26 Å². The minimum atomic E-state index is -0.539. The van der Waals surface area contributed by atoms with Gasteiger partial charge in [0.1, 0.15) is 11.6 Å². The minimum Gasteiger partial charge on any atom is -0.292 e. The van der Waals surface area contributed by atoms with Gasteiger partial charge in [-0.05, 0) is 70.3 Å². The molecular weight excluding hydrogens is 438 g/mol. The van der Waals surface area contributed by atoms with Crippen LogP contribution in [-0.2, 0) is 0 Å². The molecule has 0 radical (unpaired) electrons. The standard InChI is InChI=1S/C28H27ClF2N2/c1-28(2,3)26(21-12-24(30)14-25(31)13-21)22-16-33(17-22)27(19-7-9-23(29)10-8-19)20-6-4-5-18(11-20)15-32/h4-14,22,26-27H,16-17H2,1-3H3/t26-,27-/m0/s1.